The molecule has 0 radical (unpaired) electrons. The van der Waals surface area contributed by atoms with Crippen molar-refractivity contribution < 1.29 is 0 Å². The molecule has 1 unspecified atom stereocenters. The van der Waals surface area contributed by atoms with E-state index in [4.69, 9.17) is 0 Å². The first-order valence-corrected chi connectivity index (χ1v) is 9.66. The summed E-state index contributed by atoms with van der Waals surface area (Å²) in [5.74, 6) is 0. The van der Waals surface area contributed by atoms with Gasteiger partial charge in [-0.1, -0.05) is 71.5 Å². The Kier molecular flexibility index (Phi) is 7.79. The van der Waals surface area contributed by atoms with E-state index in [0.717, 1.165) is 32.1 Å². The Morgan fingerprint density at radius 2 is 1.50 bits per heavy atom. The molecule has 0 bridgehead atoms. The van der Waals surface area contributed by atoms with E-state index >= 15 is 0 Å². The third kappa shape index (κ3) is 3.77. The normalized spacial score (nSPS) is 13.9. The summed E-state index contributed by atoms with van der Waals surface area (Å²) in [5.41, 5.74) is 4.20. The van der Waals surface area contributed by atoms with Crippen molar-refractivity contribution in [2.45, 2.75) is 84.6 Å². The second kappa shape index (κ2) is 9.11. The Morgan fingerprint density at radius 3 is 1.88 bits per heavy atom. The number of allylic oxidation sites excluding steroid dienone is 2. The molecule has 1 rings (SSSR count). The maximum atomic E-state index is 4.08. The van der Waals surface area contributed by atoms with Gasteiger partial charge in [0.1, 0.15) is 0 Å². The Morgan fingerprint density at radius 1 is 0.958 bits per heavy atom. The fraction of sp³-hybridized carbons (Fsp3) is 0.565. The highest BCUT2D eigenvalue weighted by atomic mass is 15.0. The van der Waals surface area contributed by atoms with Crippen molar-refractivity contribution >= 4 is 0 Å². The van der Waals surface area contributed by atoms with Crippen LogP contribution in [0.2, 0.25) is 0 Å². The first-order valence-electron chi connectivity index (χ1n) is 9.66. The molecule has 0 aromatic heterocycles. The molecule has 1 atom stereocenters. The average molecular weight is 328 g/mol. The molecule has 0 aliphatic carbocycles. The fourth-order valence-electron chi connectivity index (χ4n) is 4.27. The molecule has 0 heterocycles. The van der Waals surface area contributed by atoms with E-state index in [2.05, 4.69) is 83.8 Å². The molecule has 0 spiro atoms. The van der Waals surface area contributed by atoms with Crippen molar-refractivity contribution in [3.63, 3.8) is 0 Å². The van der Waals surface area contributed by atoms with Crippen LogP contribution in [0.3, 0.4) is 0 Å². The summed E-state index contributed by atoms with van der Waals surface area (Å²) >= 11 is 0. The van der Waals surface area contributed by atoms with Crippen LogP contribution in [0.25, 0.3) is 0 Å². The summed E-state index contributed by atoms with van der Waals surface area (Å²) in [7, 11) is 0. The fourth-order valence-corrected chi connectivity index (χ4v) is 4.27. The van der Waals surface area contributed by atoms with Crippen molar-refractivity contribution in [3.05, 3.63) is 59.8 Å². The molecule has 0 fully saturated rings. The molecule has 24 heavy (non-hydrogen) atoms. The van der Waals surface area contributed by atoms with Crippen molar-refractivity contribution in [2.24, 2.45) is 0 Å². The Balaban J connectivity index is 3.46. The monoisotopic (exact) mass is 327 g/mol. The summed E-state index contributed by atoms with van der Waals surface area (Å²) in [6.45, 7) is 17.9. The van der Waals surface area contributed by atoms with E-state index in [9.17, 15) is 0 Å². The minimum absolute atomic E-state index is 0.0169. The van der Waals surface area contributed by atoms with Crippen LogP contribution in [-0.4, -0.2) is 5.54 Å². The molecule has 0 amide bonds. The van der Waals surface area contributed by atoms with Gasteiger partial charge in [-0.15, -0.1) is 0 Å². The highest BCUT2D eigenvalue weighted by molar-refractivity contribution is 5.34. The van der Waals surface area contributed by atoms with Crippen molar-refractivity contribution in [3.8, 4) is 0 Å². The average Bonchev–Trinajstić information content (AvgIpc) is 2.64. The number of hydrogen-bond donors (Lipinski definition) is 1. The van der Waals surface area contributed by atoms with E-state index < -0.39 is 0 Å². The Bertz CT molecular complexity index is 530. The number of nitrogens with one attached hydrogen (secondary N) is 1. The first kappa shape index (κ1) is 20.5. The summed E-state index contributed by atoms with van der Waals surface area (Å²) in [4.78, 5) is 0. The molecule has 1 aromatic carbocycles. The first-order chi connectivity index (χ1) is 11.5. The molecule has 1 heteroatoms. The van der Waals surface area contributed by atoms with Gasteiger partial charge in [0.2, 0.25) is 0 Å². The maximum Gasteiger partial charge on any atom is 0.0439 e. The van der Waals surface area contributed by atoms with Gasteiger partial charge < -0.3 is 5.32 Å². The van der Waals surface area contributed by atoms with Crippen molar-refractivity contribution in [1.82, 2.24) is 5.32 Å². The molecule has 0 saturated carbocycles. The molecule has 0 aliphatic heterocycles. The third-order valence-corrected chi connectivity index (χ3v) is 6.15. The zero-order chi connectivity index (χ0) is 18.2. The van der Waals surface area contributed by atoms with Crippen LogP contribution in [0.5, 0.6) is 0 Å². The van der Waals surface area contributed by atoms with Crippen LogP contribution in [0.1, 0.15) is 79.2 Å². The SMILES string of the molecule is C=CC(NC(C)(CC)C(CC)(CC)c1ccccc1)=C(CC)CC. The summed E-state index contributed by atoms with van der Waals surface area (Å²) in [6, 6.07) is 11.0. The van der Waals surface area contributed by atoms with Gasteiger partial charge in [-0.2, -0.15) is 0 Å². The lowest BCUT2D eigenvalue weighted by atomic mass is 9.61. The topological polar surface area (TPSA) is 12.0 Å². The van der Waals surface area contributed by atoms with Crippen LogP contribution in [0.15, 0.2) is 54.3 Å². The van der Waals surface area contributed by atoms with E-state index in [1.807, 2.05) is 6.08 Å². The third-order valence-electron chi connectivity index (χ3n) is 6.15. The predicted molar refractivity (Wildman–Crippen MR) is 108 cm³/mol. The molecule has 1 aromatic rings. The van der Waals surface area contributed by atoms with Crippen molar-refractivity contribution in [2.75, 3.05) is 0 Å². The van der Waals surface area contributed by atoms with Gasteiger partial charge in [-0.05, 0) is 56.2 Å². The van der Waals surface area contributed by atoms with E-state index in [1.165, 1.54) is 16.8 Å². The quantitative estimate of drug-likeness (QED) is 0.468. The maximum absolute atomic E-state index is 4.08. The van der Waals surface area contributed by atoms with E-state index in [1.54, 1.807) is 0 Å². The molecular weight excluding hydrogens is 290 g/mol. The number of rotatable bonds is 10. The zero-order valence-electron chi connectivity index (χ0n) is 16.7. The van der Waals surface area contributed by atoms with Gasteiger partial charge in [0.15, 0.2) is 0 Å². The smallest absolute Gasteiger partial charge is 0.0439 e. The van der Waals surface area contributed by atoms with Crippen LogP contribution in [0.4, 0.5) is 0 Å². The Labute approximate surface area is 150 Å². The van der Waals surface area contributed by atoms with Crippen molar-refractivity contribution in [1.29, 1.82) is 0 Å². The molecule has 1 nitrogen and oxygen atoms in total. The van der Waals surface area contributed by atoms with Gasteiger partial charge in [0.25, 0.3) is 0 Å². The van der Waals surface area contributed by atoms with E-state index in [0.29, 0.717) is 0 Å². The summed E-state index contributed by atoms with van der Waals surface area (Å²) in [6.07, 6.45) is 7.45. The minimum Gasteiger partial charge on any atom is -0.379 e. The van der Waals surface area contributed by atoms with Gasteiger partial charge >= 0.3 is 0 Å². The standard InChI is InChI=1S/C23H37N/c1-8-19(9-2)21(10-3)24-22(7,11-4)23(12-5,13-6)20-17-15-14-16-18-20/h10,14-18,24H,3,8-9,11-13H2,1-2,4-7H3. The molecule has 134 valence electrons. The van der Waals surface area contributed by atoms with Gasteiger partial charge in [-0.3, -0.25) is 0 Å². The highest BCUT2D eigenvalue weighted by Crippen LogP contribution is 2.44. The zero-order valence-corrected chi connectivity index (χ0v) is 16.7. The van der Waals surface area contributed by atoms with Crippen LogP contribution < -0.4 is 5.32 Å². The lowest BCUT2D eigenvalue weighted by Crippen LogP contribution is -2.57. The number of benzene rings is 1. The summed E-state index contributed by atoms with van der Waals surface area (Å²) < 4.78 is 0. The van der Waals surface area contributed by atoms with Gasteiger partial charge in [0.05, 0.1) is 0 Å². The molecule has 0 saturated heterocycles. The number of hydrogen-bond acceptors (Lipinski definition) is 1. The molecule has 0 aliphatic rings. The van der Waals surface area contributed by atoms with Crippen LogP contribution in [-0.2, 0) is 5.41 Å². The Hall–Kier alpha value is -1.50. The second-order valence-electron chi connectivity index (χ2n) is 6.89. The minimum atomic E-state index is -0.0169. The lowest BCUT2D eigenvalue weighted by Gasteiger charge is -2.50. The van der Waals surface area contributed by atoms with Gasteiger partial charge in [-0.25, -0.2) is 0 Å². The van der Waals surface area contributed by atoms with Crippen LogP contribution >= 0.6 is 0 Å². The predicted octanol–water partition coefficient (Wildman–Crippen LogP) is 6.76. The molecular formula is C23H37N. The van der Waals surface area contributed by atoms with Gasteiger partial charge in [0, 0.05) is 16.7 Å². The molecule has 1 N–H and O–H groups in total. The largest absolute Gasteiger partial charge is 0.379 e. The van der Waals surface area contributed by atoms with E-state index in [-0.39, 0.29) is 11.0 Å². The lowest BCUT2D eigenvalue weighted by molar-refractivity contribution is 0.174. The highest BCUT2D eigenvalue weighted by Gasteiger charge is 2.45. The second-order valence-corrected chi connectivity index (χ2v) is 6.89. The summed E-state index contributed by atoms with van der Waals surface area (Å²) in [5, 5.41) is 3.93. The van der Waals surface area contributed by atoms with Crippen LogP contribution in [0, 0.1) is 0 Å².